The van der Waals surface area contributed by atoms with Gasteiger partial charge in [-0.05, 0) is 74.5 Å². The van der Waals surface area contributed by atoms with E-state index in [0.717, 1.165) is 44.9 Å². The molecule has 3 N–H and O–H groups in total. The summed E-state index contributed by atoms with van der Waals surface area (Å²) in [6, 6.07) is 0. The predicted molar refractivity (Wildman–Crippen MR) is 85.1 cm³/mol. The fourth-order valence-corrected chi connectivity index (χ4v) is 6.77. The molecule has 0 aliphatic heterocycles. The van der Waals surface area contributed by atoms with Crippen molar-refractivity contribution >= 4 is 0 Å². The van der Waals surface area contributed by atoms with E-state index in [-0.39, 0.29) is 29.6 Å². The Hall–Kier alpha value is -0.380. The highest BCUT2D eigenvalue weighted by atomic mass is 16.3. The van der Waals surface area contributed by atoms with Gasteiger partial charge in [-0.15, -0.1) is 0 Å². The lowest BCUT2D eigenvalue weighted by molar-refractivity contribution is -0.0933. The SMILES string of the molecule is C[C@]12CC[C@H]3[C@@H](CCC4=C[C@@H](O)CC[C@@]43CO)[C@@H]1CC[C@@H]2O. The number of hydrogen-bond donors (Lipinski definition) is 3. The molecule has 3 nitrogen and oxygen atoms in total. The van der Waals surface area contributed by atoms with Gasteiger partial charge in [0.15, 0.2) is 0 Å². The van der Waals surface area contributed by atoms with Crippen LogP contribution in [0.2, 0.25) is 0 Å². The fourth-order valence-electron chi connectivity index (χ4n) is 6.77. The van der Waals surface area contributed by atoms with E-state index >= 15 is 0 Å². The summed E-state index contributed by atoms with van der Waals surface area (Å²) in [4.78, 5) is 0. The van der Waals surface area contributed by atoms with Gasteiger partial charge in [0.2, 0.25) is 0 Å². The molecule has 4 rings (SSSR count). The molecule has 4 aliphatic rings. The average Bonchev–Trinajstić information content (AvgIpc) is 2.82. The molecule has 3 fully saturated rings. The van der Waals surface area contributed by atoms with Gasteiger partial charge in [-0.3, -0.25) is 0 Å². The van der Waals surface area contributed by atoms with Gasteiger partial charge < -0.3 is 15.3 Å². The van der Waals surface area contributed by atoms with Crippen molar-refractivity contribution < 1.29 is 15.3 Å². The Balaban J connectivity index is 1.70. The Kier molecular flexibility index (Phi) is 3.49. The van der Waals surface area contributed by atoms with E-state index in [1.54, 1.807) is 0 Å². The van der Waals surface area contributed by atoms with Crippen LogP contribution in [0, 0.1) is 28.6 Å². The molecule has 0 amide bonds. The maximum atomic E-state index is 10.5. The van der Waals surface area contributed by atoms with Crippen LogP contribution in [0.25, 0.3) is 0 Å². The molecule has 3 heteroatoms. The number of aliphatic hydroxyl groups is 3. The molecule has 4 aliphatic carbocycles. The van der Waals surface area contributed by atoms with Crippen LogP contribution in [-0.2, 0) is 0 Å². The van der Waals surface area contributed by atoms with E-state index in [9.17, 15) is 15.3 Å². The first kappa shape index (κ1) is 15.2. The van der Waals surface area contributed by atoms with E-state index < -0.39 is 0 Å². The van der Waals surface area contributed by atoms with Gasteiger partial charge in [-0.1, -0.05) is 18.6 Å². The minimum absolute atomic E-state index is 0.0724. The second-order valence-electron chi connectivity index (χ2n) is 8.67. The molecule has 0 aromatic rings. The van der Waals surface area contributed by atoms with E-state index in [1.807, 2.05) is 6.08 Å². The standard InChI is InChI=1S/C19H30O3/c1-18-8-7-16-14(15(18)4-5-17(18)22)3-2-12-10-13(21)6-9-19(12,16)11-20/h10,13-17,20-22H,2-9,11H2,1H3/t13-,14-,15-,16-,17-,18-,19+/m0/s1. The normalized spacial score (nSPS) is 54.2. The highest BCUT2D eigenvalue weighted by Gasteiger charge is 2.59. The molecule has 0 heterocycles. The lowest BCUT2D eigenvalue weighted by Crippen LogP contribution is -2.53. The van der Waals surface area contributed by atoms with Crippen molar-refractivity contribution in [3.05, 3.63) is 11.6 Å². The highest BCUT2D eigenvalue weighted by Crippen LogP contribution is 2.65. The molecule has 7 atom stereocenters. The number of hydrogen-bond acceptors (Lipinski definition) is 3. The molecule has 0 spiro atoms. The first-order valence-electron chi connectivity index (χ1n) is 9.19. The molecular formula is C19H30O3. The zero-order chi connectivity index (χ0) is 15.5. The predicted octanol–water partition coefficient (Wildman–Crippen LogP) is 2.64. The van der Waals surface area contributed by atoms with Crippen LogP contribution in [-0.4, -0.2) is 34.1 Å². The lowest BCUT2D eigenvalue weighted by atomic mass is 9.47. The first-order chi connectivity index (χ1) is 10.5. The zero-order valence-corrected chi connectivity index (χ0v) is 13.7. The van der Waals surface area contributed by atoms with Gasteiger partial charge in [-0.2, -0.15) is 0 Å². The van der Waals surface area contributed by atoms with Crippen LogP contribution in [0.4, 0.5) is 0 Å². The summed E-state index contributed by atoms with van der Waals surface area (Å²) >= 11 is 0. The van der Waals surface area contributed by atoms with Crippen LogP contribution in [0.5, 0.6) is 0 Å². The van der Waals surface area contributed by atoms with Crippen molar-refractivity contribution in [1.82, 2.24) is 0 Å². The highest BCUT2D eigenvalue weighted by molar-refractivity contribution is 5.26. The van der Waals surface area contributed by atoms with Gasteiger partial charge in [0.05, 0.1) is 18.8 Å². The topological polar surface area (TPSA) is 60.7 Å². The first-order valence-corrected chi connectivity index (χ1v) is 9.19. The summed E-state index contributed by atoms with van der Waals surface area (Å²) < 4.78 is 0. The average molecular weight is 306 g/mol. The minimum Gasteiger partial charge on any atom is -0.395 e. The summed E-state index contributed by atoms with van der Waals surface area (Å²) in [5.41, 5.74) is 1.36. The van der Waals surface area contributed by atoms with E-state index in [4.69, 9.17) is 0 Å². The monoisotopic (exact) mass is 306 g/mol. The largest absolute Gasteiger partial charge is 0.395 e. The number of fused-ring (bicyclic) bond motifs is 5. The third kappa shape index (κ3) is 1.85. The Morgan fingerprint density at radius 1 is 1.05 bits per heavy atom. The van der Waals surface area contributed by atoms with E-state index in [2.05, 4.69) is 6.92 Å². The smallest absolute Gasteiger partial charge is 0.0724 e. The zero-order valence-electron chi connectivity index (χ0n) is 13.7. The van der Waals surface area contributed by atoms with Crippen molar-refractivity contribution in [1.29, 1.82) is 0 Å². The molecule has 0 aromatic heterocycles. The second-order valence-corrected chi connectivity index (χ2v) is 8.67. The van der Waals surface area contributed by atoms with Gasteiger partial charge >= 0.3 is 0 Å². The molecule has 3 saturated carbocycles. The molecule has 0 unspecified atom stereocenters. The summed E-state index contributed by atoms with van der Waals surface area (Å²) in [5.74, 6) is 1.82. The van der Waals surface area contributed by atoms with Crippen LogP contribution < -0.4 is 0 Å². The van der Waals surface area contributed by atoms with Gasteiger partial charge in [-0.25, -0.2) is 0 Å². The number of aliphatic hydroxyl groups excluding tert-OH is 3. The lowest BCUT2D eigenvalue weighted by Gasteiger charge is -2.58. The molecule has 22 heavy (non-hydrogen) atoms. The van der Waals surface area contributed by atoms with Crippen molar-refractivity contribution in [2.45, 2.75) is 70.5 Å². The van der Waals surface area contributed by atoms with Crippen molar-refractivity contribution in [2.75, 3.05) is 6.61 Å². The van der Waals surface area contributed by atoms with Crippen molar-refractivity contribution in [3.63, 3.8) is 0 Å². The Bertz CT molecular complexity index is 487. The molecule has 0 aromatic carbocycles. The van der Waals surface area contributed by atoms with Crippen LogP contribution in [0.3, 0.4) is 0 Å². The molecule has 0 bridgehead atoms. The third-order valence-electron chi connectivity index (χ3n) is 8.05. The van der Waals surface area contributed by atoms with Crippen molar-refractivity contribution in [2.24, 2.45) is 28.6 Å². The van der Waals surface area contributed by atoms with Crippen molar-refractivity contribution in [3.8, 4) is 0 Å². The van der Waals surface area contributed by atoms with E-state index in [0.29, 0.717) is 17.8 Å². The van der Waals surface area contributed by atoms with Crippen LogP contribution >= 0.6 is 0 Å². The summed E-state index contributed by atoms with van der Waals surface area (Å²) in [6.07, 6.45) is 9.87. The van der Waals surface area contributed by atoms with Gasteiger partial charge in [0.25, 0.3) is 0 Å². The van der Waals surface area contributed by atoms with Gasteiger partial charge in [0.1, 0.15) is 0 Å². The number of rotatable bonds is 1. The third-order valence-corrected chi connectivity index (χ3v) is 8.05. The Morgan fingerprint density at radius 2 is 1.86 bits per heavy atom. The summed E-state index contributed by atoms with van der Waals surface area (Å²) in [7, 11) is 0. The fraction of sp³-hybridized carbons (Fsp3) is 0.895. The summed E-state index contributed by atoms with van der Waals surface area (Å²) in [5, 5.41) is 30.7. The second kappa shape index (κ2) is 5.06. The molecule has 124 valence electrons. The molecule has 0 radical (unpaired) electrons. The molecule has 0 saturated heterocycles. The summed E-state index contributed by atoms with van der Waals surface area (Å²) in [6.45, 7) is 2.53. The van der Waals surface area contributed by atoms with Gasteiger partial charge in [0, 0.05) is 5.41 Å². The van der Waals surface area contributed by atoms with E-state index in [1.165, 1.54) is 12.0 Å². The van der Waals surface area contributed by atoms with Crippen LogP contribution in [0.1, 0.15) is 58.3 Å². The Labute approximate surface area is 133 Å². The Morgan fingerprint density at radius 3 is 2.64 bits per heavy atom. The quantitative estimate of drug-likeness (QED) is 0.653. The maximum Gasteiger partial charge on any atom is 0.0724 e. The minimum atomic E-state index is -0.312. The maximum absolute atomic E-state index is 10.5. The molecular weight excluding hydrogens is 276 g/mol. The van der Waals surface area contributed by atoms with Crippen LogP contribution in [0.15, 0.2) is 11.6 Å².